The average Bonchev–Trinajstić information content (AvgIpc) is 3.38. The molecule has 2 aromatic heterocycles. The number of esters is 1. The molecule has 1 aromatic carbocycles. The number of hydrogen-bond donors (Lipinski definition) is 6. The minimum atomic E-state index is -5.77. The molecule has 22 heteroatoms. The van der Waals surface area contributed by atoms with E-state index >= 15 is 0 Å². The van der Waals surface area contributed by atoms with Crippen LogP contribution in [0.3, 0.4) is 0 Å². The van der Waals surface area contributed by atoms with Gasteiger partial charge in [-0.05, 0) is 12.1 Å². The highest BCUT2D eigenvalue weighted by atomic mass is 31.3. The molecule has 3 aromatic rings. The molecule has 1 aliphatic rings. The van der Waals surface area contributed by atoms with Crippen LogP contribution in [0.5, 0.6) is 0 Å². The van der Waals surface area contributed by atoms with E-state index in [0.717, 1.165) is 6.33 Å². The zero-order valence-electron chi connectivity index (χ0n) is 19.2. The predicted octanol–water partition coefficient (Wildman–Crippen LogP) is 0.236. The smallest absolute Gasteiger partial charge is 0.451 e. The average molecular weight is 611 g/mol. The number of imidazole rings is 1. The number of carbonyl (C=O) groups excluding carboxylic acids is 1. The number of aromatic nitrogens is 4. The number of anilines is 1. The molecular weight excluding hydrogens is 591 g/mol. The Kier molecular flexibility index (Phi) is 8.35. The second-order valence-electron chi connectivity index (χ2n) is 7.76. The van der Waals surface area contributed by atoms with Gasteiger partial charge in [0.2, 0.25) is 0 Å². The lowest BCUT2D eigenvalue weighted by Gasteiger charge is -2.22. The maximum atomic E-state index is 12.7. The van der Waals surface area contributed by atoms with Crippen LogP contribution in [0.2, 0.25) is 0 Å². The number of hydrogen-bond acceptors (Lipinski definition) is 14. The Morgan fingerprint density at radius 1 is 1.03 bits per heavy atom. The van der Waals surface area contributed by atoms with Gasteiger partial charge in [0.05, 0.1) is 18.5 Å². The third-order valence-corrected chi connectivity index (χ3v) is 8.85. The monoisotopic (exact) mass is 611 g/mol. The van der Waals surface area contributed by atoms with Gasteiger partial charge in [-0.3, -0.25) is 9.09 Å². The number of nitrogens with two attached hydrogens (primary N) is 1. The molecule has 0 amide bonds. The summed E-state index contributed by atoms with van der Waals surface area (Å²) in [7, 11) is -16.9. The molecule has 4 rings (SSSR count). The molecule has 0 bridgehead atoms. The minimum Gasteiger partial charge on any atom is -0.451 e. The van der Waals surface area contributed by atoms with Crippen molar-refractivity contribution in [2.75, 3.05) is 12.3 Å². The van der Waals surface area contributed by atoms with Gasteiger partial charge in [0.25, 0.3) is 0 Å². The lowest BCUT2D eigenvalue weighted by atomic mass is 10.1. The van der Waals surface area contributed by atoms with Crippen molar-refractivity contribution in [3.05, 3.63) is 48.5 Å². The Morgan fingerprint density at radius 2 is 1.72 bits per heavy atom. The van der Waals surface area contributed by atoms with Crippen molar-refractivity contribution in [1.29, 1.82) is 0 Å². The van der Waals surface area contributed by atoms with E-state index in [9.17, 15) is 33.4 Å². The van der Waals surface area contributed by atoms with Gasteiger partial charge in [-0.25, -0.2) is 33.4 Å². The first kappa shape index (κ1) is 29.4. The number of ether oxygens (including phenoxy) is 2. The van der Waals surface area contributed by atoms with Gasteiger partial charge >= 0.3 is 29.4 Å². The topological polar surface area (TPSA) is 285 Å². The predicted molar refractivity (Wildman–Crippen MR) is 125 cm³/mol. The quantitative estimate of drug-likeness (QED) is 0.132. The lowest BCUT2D eigenvalue weighted by molar-refractivity contribution is -0.0558. The Labute approximate surface area is 217 Å². The first-order chi connectivity index (χ1) is 18.2. The van der Waals surface area contributed by atoms with Crippen LogP contribution in [-0.4, -0.2) is 75.1 Å². The highest BCUT2D eigenvalue weighted by Gasteiger charge is 2.49. The Morgan fingerprint density at radius 3 is 2.38 bits per heavy atom. The molecule has 0 radical (unpaired) electrons. The number of fused-ring (bicyclic) bond motifs is 1. The van der Waals surface area contributed by atoms with E-state index in [1.54, 1.807) is 18.2 Å². The zero-order valence-corrected chi connectivity index (χ0v) is 21.9. The summed E-state index contributed by atoms with van der Waals surface area (Å²) in [5.74, 6) is -0.848. The summed E-state index contributed by atoms with van der Waals surface area (Å²) in [6.07, 6.45) is -3.76. The van der Waals surface area contributed by atoms with Crippen LogP contribution in [-0.2, 0) is 36.3 Å². The normalized spacial score (nSPS) is 24.7. The standard InChI is InChI=1S/C17H20N5O14P3/c18-14-11-15(20-7-19-14)22(8-21-11)16-13(34-17(24)9-4-2-1-3-5-9)12(23)10(33-16)6-32-38(28,29)36-39(30,31)35-37(25,26)27/h1-5,7-8,10,12-13,16,23H,6H2,(H,28,29)(H,30,31)(H2,18,19,20)(H2,25,26,27)/t10-,12-,13-,16+/m1/s1. The van der Waals surface area contributed by atoms with Crippen molar-refractivity contribution in [3.8, 4) is 0 Å². The molecule has 3 heterocycles. The van der Waals surface area contributed by atoms with Crippen LogP contribution in [0.25, 0.3) is 11.2 Å². The number of aliphatic hydroxyl groups excluding tert-OH is 1. The minimum absolute atomic E-state index is 0.0133. The molecule has 0 saturated carbocycles. The van der Waals surface area contributed by atoms with Gasteiger partial charge in [-0.2, -0.15) is 8.62 Å². The molecule has 0 aliphatic carbocycles. The third-order valence-electron chi connectivity index (χ3n) is 5.04. The van der Waals surface area contributed by atoms with Gasteiger partial charge in [-0.1, -0.05) is 18.2 Å². The van der Waals surface area contributed by atoms with Crippen molar-refractivity contribution in [2.45, 2.75) is 24.5 Å². The van der Waals surface area contributed by atoms with Crippen molar-refractivity contribution in [1.82, 2.24) is 19.5 Å². The number of phosphoric acid groups is 3. The van der Waals surface area contributed by atoms with E-state index in [4.69, 9.17) is 25.0 Å². The number of benzene rings is 1. The maximum absolute atomic E-state index is 12.7. The number of aliphatic hydroxyl groups is 1. The number of carbonyl (C=O) groups is 1. The summed E-state index contributed by atoms with van der Waals surface area (Å²) >= 11 is 0. The fraction of sp³-hybridized carbons (Fsp3) is 0.294. The molecule has 19 nitrogen and oxygen atoms in total. The van der Waals surface area contributed by atoms with Crippen LogP contribution in [0, 0.1) is 0 Å². The molecule has 7 N–H and O–H groups in total. The highest BCUT2D eigenvalue weighted by molar-refractivity contribution is 7.66. The highest BCUT2D eigenvalue weighted by Crippen LogP contribution is 2.66. The third kappa shape index (κ3) is 7.12. The Hall–Kier alpha value is -2.63. The van der Waals surface area contributed by atoms with Crippen molar-refractivity contribution >= 4 is 46.4 Å². The number of nitrogens with zero attached hydrogens (tertiary/aromatic N) is 4. The van der Waals surface area contributed by atoms with Crippen LogP contribution < -0.4 is 5.73 Å². The van der Waals surface area contributed by atoms with Crippen LogP contribution in [0.15, 0.2) is 43.0 Å². The van der Waals surface area contributed by atoms with E-state index < -0.39 is 60.6 Å². The zero-order chi connectivity index (χ0) is 28.6. The summed E-state index contributed by atoms with van der Waals surface area (Å²) < 4.78 is 58.8. The summed E-state index contributed by atoms with van der Waals surface area (Å²) in [4.78, 5) is 61.0. The van der Waals surface area contributed by atoms with E-state index in [0.29, 0.717) is 0 Å². The first-order valence-electron chi connectivity index (χ1n) is 10.5. The van der Waals surface area contributed by atoms with Crippen LogP contribution in [0.1, 0.15) is 16.6 Å². The Balaban J connectivity index is 1.57. The second kappa shape index (κ2) is 11.1. The number of phosphoric ester groups is 1. The number of nitrogen functional groups attached to an aromatic ring is 1. The molecule has 212 valence electrons. The number of rotatable bonds is 10. The largest absolute Gasteiger partial charge is 0.490 e. The van der Waals surface area contributed by atoms with Crippen LogP contribution >= 0.6 is 23.5 Å². The van der Waals surface area contributed by atoms with Crippen molar-refractivity contribution in [3.63, 3.8) is 0 Å². The summed E-state index contributed by atoms with van der Waals surface area (Å²) in [5, 5.41) is 10.9. The second-order valence-corrected chi connectivity index (χ2v) is 12.2. The molecular formula is C17H20N5O14P3. The van der Waals surface area contributed by atoms with Crippen LogP contribution in [0.4, 0.5) is 5.82 Å². The summed E-state index contributed by atoms with van der Waals surface area (Å²) in [5.41, 5.74) is 6.20. The maximum Gasteiger partial charge on any atom is 0.490 e. The fourth-order valence-electron chi connectivity index (χ4n) is 3.50. The van der Waals surface area contributed by atoms with E-state index in [1.807, 2.05) is 0 Å². The lowest BCUT2D eigenvalue weighted by Crippen LogP contribution is -2.37. The van der Waals surface area contributed by atoms with E-state index in [2.05, 4.69) is 28.1 Å². The van der Waals surface area contributed by atoms with Gasteiger partial charge in [0.1, 0.15) is 24.1 Å². The van der Waals surface area contributed by atoms with E-state index in [1.165, 1.54) is 23.0 Å². The first-order valence-corrected chi connectivity index (χ1v) is 15.0. The fourth-order valence-corrected chi connectivity index (χ4v) is 6.53. The molecule has 1 aliphatic heterocycles. The van der Waals surface area contributed by atoms with Gasteiger partial charge in [0, 0.05) is 0 Å². The van der Waals surface area contributed by atoms with Gasteiger partial charge in [-0.15, -0.1) is 0 Å². The summed E-state index contributed by atoms with van der Waals surface area (Å²) in [6, 6.07) is 7.71. The van der Waals surface area contributed by atoms with Crippen molar-refractivity contribution < 1.29 is 65.8 Å². The molecule has 0 spiro atoms. The van der Waals surface area contributed by atoms with E-state index in [-0.39, 0.29) is 22.5 Å². The van der Waals surface area contributed by atoms with Gasteiger partial charge < -0.3 is 39.9 Å². The molecule has 1 saturated heterocycles. The van der Waals surface area contributed by atoms with Crippen molar-refractivity contribution in [2.24, 2.45) is 0 Å². The molecule has 1 fully saturated rings. The SMILES string of the molecule is Nc1ncnc2c1ncn2[C@H]1O[C@H](COP(=O)(O)OP(=O)(O)OP(=O)(O)O)[C@@H](O)[C@H]1OC(=O)c1ccccc1. The van der Waals surface area contributed by atoms with Gasteiger partial charge in [0.15, 0.2) is 23.8 Å². The molecule has 6 atom stereocenters. The summed E-state index contributed by atoms with van der Waals surface area (Å²) in [6.45, 7) is -1.01. The molecule has 2 unspecified atom stereocenters. The molecule has 39 heavy (non-hydrogen) atoms. The Bertz CT molecular complexity index is 1500.